The van der Waals surface area contributed by atoms with E-state index in [2.05, 4.69) is 16.7 Å². The van der Waals surface area contributed by atoms with E-state index < -0.39 is 4.92 Å². The van der Waals surface area contributed by atoms with Gasteiger partial charge in [-0.3, -0.25) is 10.1 Å². The summed E-state index contributed by atoms with van der Waals surface area (Å²) < 4.78 is 0. The van der Waals surface area contributed by atoms with Crippen LogP contribution >= 0.6 is 0 Å². The lowest BCUT2D eigenvalue weighted by Crippen LogP contribution is -1.88. The predicted octanol–water partition coefficient (Wildman–Crippen LogP) is 1.32. The minimum Gasteiger partial charge on any atom is -0.258 e. The Morgan fingerprint density at radius 3 is 2.91 bits per heavy atom. The molecular weight excluding hydrogens is 146 g/mol. The smallest absolute Gasteiger partial charge is 0.258 e. The van der Waals surface area contributed by atoms with Crippen molar-refractivity contribution in [1.82, 2.24) is 4.98 Å². The van der Waals surface area contributed by atoms with Crippen LogP contribution in [0.4, 0.5) is 11.5 Å². The van der Waals surface area contributed by atoms with E-state index >= 15 is 0 Å². The summed E-state index contributed by atoms with van der Waals surface area (Å²) in [6.07, 6.45) is 1.43. The first-order valence-corrected chi connectivity index (χ1v) is 2.82. The van der Waals surface area contributed by atoms with Crippen LogP contribution in [-0.4, -0.2) is 16.6 Å². The van der Waals surface area contributed by atoms with Crippen molar-refractivity contribution >= 4 is 18.2 Å². The van der Waals surface area contributed by atoms with Gasteiger partial charge in [0.25, 0.3) is 0 Å². The highest BCUT2D eigenvalue weighted by Crippen LogP contribution is 2.21. The second kappa shape index (κ2) is 2.87. The van der Waals surface area contributed by atoms with E-state index in [0.29, 0.717) is 0 Å². The molecule has 0 saturated heterocycles. The van der Waals surface area contributed by atoms with Gasteiger partial charge in [-0.25, -0.2) is 9.98 Å². The Hall–Kier alpha value is -1.78. The number of nitrogens with zero attached hydrogens (tertiary/aromatic N) is 3. The molecule has 0 radical (unpaired) electrons. The second-order valence-electron chi connectivity index (χ2n) is 1.76. The summed E-state index contributed by atoms with van der Waals surface area (Å²) in [6.45, 7) is 3.16. The van der Waals surface area contributed by atoms with Gasteiger partial charge in [0.15, 0.2) is 0 Å². The molecule has 11 heavy (non-hydrogen) atoms. The van der Waals surface area contributed by atoms with Crippen molar-refractivity contribution in [3.8, 4) is 0 Å². The largest absolute Gasteiger partial charge is 0.313 e. The Balaban J connectivity index is 3.22. The van der Waals surface area contributed by atoms with Gasteiger partial charge in [-0.05, 0) is 12.8 Å². The minimum atomic E-state index is -0.545. The monoisotopic (exact) mass is 151 g/mol. The first-order chi connectivity index (χ1) is 5.25. The van der Waals surface area contributed by atoms with E-state index in [0.717, 1.165) is 0 Å². The summed E-state index contributed by atoms with van der Waals surface area (Å²) >= 11 is 0. The highest BCUT2D eigenvalue weighted by atomic mass is 16.6. The highest BCUT2D eigenvalue weighted by Gasteiger charge is 2.11. The van der Waals surface area contributed by atoms with Crippen LogP contribution in [0.15, 0.2) is 23.3 Å². The molecule has 0 bridgehead atoms. The van der Waals surface area contributed by atoms with Crippen molar-refractivity contribution in [2.75, 3.05) is 0 Å². The molecule has 0 aromatic carbocycles. The van der Waals surface area contributed by atoms with E-state index in [1.165, 1.54) is 18.3 Å². The molecule has 56 valence electrons. The maximum Gasteiger partial charge on any atom is 0.313 e. The van der Waals surface area contributed by atoms with E-state index in [1.807, 2.05) is 0 Å². The molecule has 1 heterocycles. The zero-order chi connectivity index (χ0) is 8.27. The van der Waals surface area contributed by atoms with Crippen molar-refractivity contribution in [3.05, 3.63) is 28.4 Å². The Bertz CT molecular complexity index is 298. The first kappa shape index (κ1) is 7.33. The molecule has 1 aromatic rings. The van der Waals surface area contributed by atoms with Crippen LogP contribution in [0.25, 0.3) is 0 Å². The molecule has 0 N–H and O–H groups in total. The summed E-state index contributed by atoms with van der Waals surface area (Å²) in [5.74, 6) is 0.0532. The van der Waals surface area contributed by atoms with Crippen LogP contribution in [0.1, 0.15) is 0 Å². The van der Waals surface area contributed by atoms with Crippen LogP contribution in [0.2, 0.25) is 0 Å². The van der Waals surface area contributed by atoms with Gasteiger partial charge in [-0.2, -0.15) is 0 Å². The SMILES string of the molecule is C=Nc1ncccc1[N+](=O)[O-]. The number of hydrogen-bond acceptors (Lipinski definition) is 4. The first-order valence-electron chi connectivity index (χ1n) is 2.82. The lowest BCUT2D eigenvalue weighted by atomic mass is 10.4. The van der Waals surface area contributed by atoms with Crippen LogP contribution in [-0.2, 0) is 0 Å². The summed E-state index contributed by atoms with van der Waals surface area (Å²) in [5.41, 5.74) is -0.123. The molecule has 1 aromatic heterocycles. The fraction of sp³-hybridized carbons (Fsp3) is 0. The summed E-state index contributed by atoms with van der Waals surface area (Å²) in [5, 5.41) is 10.3. The fourth-order valence-electron chi connectivity index (χ4n) is 0.653. The predicted molar refractivity (Wildman–Crippen MR) is 40.1 cm³/mol. The second-order valence-corrected chi connectivity index (χ2v) is 1.76. The van der Waals surface area contributed by atoms with Crippen molar-refractivity contribution in [2.45, 2.75) is 0 Å². The Morgan fingerprint density at radius 2 is 2.45 bits per heavy atom. The number of aromatic nitrogens is 1. The molecule has 0 fully saturated rings. The number of aliphatic imine (C=N–C) groups is 1. The zero-order valence-electron chi connectivity index (χ0n) is 5.60. The van der Waals surface area contributed by atoms with Gasteiger partial charge in [0.05, 0.1) is 4.92 Å². The lowest BCUT2D eigenvalue weighted by molar-refractivity contribution is -0.384. The van der Waals surface area contributed by atoms with E-state index in [-0.39, 0.29) is 11.5 Å². The fourth-order valence-corrected chi connectivity index (χ4v) is 0.653. The third-order valence-corrected chi connectivity index (χ3v) is 1.11. The lowest BCUT2D eigenvalue weighted by Gasteiger charge is -1.92. The summed E-state index contributed by atoms with van der Waals surface area (Å²) in [4.78, 5) is 16.8. The topological polar surface area (TPSA) is 68.4 Å². The quantitative estimate of drug-likeness (QED) is 0.363. The molecule has 0 aliphatic rings. The van der Waals surface area contributed by atoms with Gasteiger partial charge in [0, 0.05) is 12.3 Å². The van der Waals surface area contributed by atoms with Gasteiger partial charge in [-0.15, -0.1) is 0 Å². The molecule has 0 unspecified atom stereocenters. The average Bonchev–Trinajstić information content (AvgIpc) is 2.04. The normalized spacial score (nSPS) is 9.09. The Labute approximate surface area is 62.6 Å². The van der Waals surface area contributed by atoms with Crippen LogP contribution < -0.4 is 0 Å². The number of hydrogen-bond donors (Lipinski definition) is 0. The molecular formula is C6H5N3O2. The Kier molecular flexibility index (Phi) is 1.91. The number of pyridine rings is 1. The van der Waals surface area contributed by atoms with Crippen molar-refractivity contribution in [1.29, 1.82) is 0 Å². The van der Waals surface area contributed by atoms with Gasteiger partial charge in [-0.1, -0.05) is 0 Å². The third-order valence-electron chi connectivity index (χ3n) is 1.11. The van der Waals surface area contributed by atoms with E-state index in [9.17, 15) is 10.1 Å². The molecule has 0 aliphatic heterocycles. The van der Waals surface area contributed by atoms with Crippen molar-refractivity contribution in [2.24, 2.45) is 4.99 Å². The Morgan fingerprint density at radius 1 is 1.73 bits per heavy atom. The standard InChI is InChI=1S/C6H5N3O2/c1-7-6-5(9(10)11)3-2-4-8-6/h2-4H,1H2. The van der Waals surface area contributed by atoms with Crippen molar-refractivity contribution < 1.29 is 4.92 Å². The summed E-state index contributed by atoms with van der Waals surface area (Å²) in [6, 6.07) is 2.81. The highest BCUT2D eigenvalue weighted by molar-refractivity contribution is 5.54. The number of rotatable bonds is 2. The molecule has 0 saturated carbocycles. The maximum absolute atomic E-state index is 10.3. The van der Waals surface area contributed by atoms with Gasteiger partial charge >= 0.3 is 5.69 Å². The van der Waals surface area contributed by atoms with Crippen molar-refractivity contribution in [3.63, 3.8) is 0 Å². The van der Waals surface area contributed by atoms with E-state index in [4.69, 9.17) is 0 Å². The van der Waals surface area contributed by atoms with Gasteiger partial charge < -0.3 is 0 Å². The van der Waals surface area contributed by atoms with Gasteiger partial charge in [0.1, 0.15) is 0 Å². The average molecular weight is 151 g/mol. The molecule has 5 nitrogen and oxygen atoms in total. The van der Waals surface area contributed by atoms with Gasteiger partial charge in [0.2, 0.25) is 5.82 Å². The molecule has 0 aliphatic carbocycles. The minimum absolute atomic E-state index is 0.0532. The molecule has 1 rings (SSSR count). The van der Waals surface area contributed by atoms with E-state index in [1.54, 1.807) is 0 Å². The number of nitro groups is 1. The summed E-state index contributed by atoms with van der Waals surface area (Å²) in [7, 11) is 0. The molecule has 0 atom stereocenters. The molecule has 0 amide bonds. The zero-order valence-corrected chi connectivity index (χ0v) is 5.60. The van der Waals surface area contributed by atoms with Crippen LogP contribution in [0.5, 0.6) is 0 Å². The molecule has 0 spiro atoms. The maximum atomic E-state index is 10.3. The van der Waals surface area contributed by atoms with Crippen LogP contribution in [0, 0.1) is 10.1 Å². The molecule has 5 heteroatoms. The van der Waals surface area contributed by atoms with Crippen LogP contribution in [0.3, 0.4) is 0 Å². The third kappa shape index (κ3) is 1.37.